The van der Waals surface area contributed by atoms with Gasteiger partial charge in [0.25, 0.3) is 0 Å². The van der Waals surface area contributed by atoms with Crippen molar-refractivity contribution in [2.24, 2.45) is 0 Å². The van der Waals surface area contributed by atoms with Crippen LogP contribution in [0.25, 0.3) is 0 Å². The molecule has 0 aliphatic rings. The summed E-state index contributed by atoms with van der Waals surface area (Å²) >= 11 is 0. The third-order valence-electron chi connectivity index (χ3n) is 2.08. The molecule has 0 saturated heterocycles. The molecular formula is C10H12N4O3. The number of nitrogens with zero attached hydrogens (tertiary/aromatic N) is 3. The first-order valence-corrected chi connectivity index (χ1v) is 5.01. The second-order valence-electron chi connectivity index (χ2n) is 3.49. The minimum atomic E-state index is -0.643. The maximum absolute atomic E-state index is 10.8. The summed E-state index contributed by atoms with van der Waals surface area (Å²) in [6.45, 7) is 1.97. The summed E-state index contributed by atoms with van der Waals surface area (Å²) < 4.78 is 0. The average Bonchev–Trinajstić information content (AvgIpc) is 2.27. The summed E-state index contributed by atoms with van der Waals surface area (Å²) in [5.41, 5.74) is -0.370. The molecule has 0 saturated carbocycles. The van der Waals surface area contributed by atoms with Crippen LogP contribution in [0.3, 0.4) is 0 Å². The molecule has 1 aromatic rings. The van der Waals surface area contributed by atoms with Crippen LogP contribution in [-0.4, -0.2) is 27.7 Å². The van der Waals surface area contributed by atoms with Crippen molar-refractivity contribution in [1.29, 1.82) is 5.26 Å². The molecule has 1 rings (SSSR count). The smallest absolute Gasteiger partial charge is 0.328 e. The van der Waals surface area contributed by atoms with E-state index in [9.17, 15) is 10.1 Å². The Hall–Kier alpha value is -2.20. The molecule has 17 heavy (non-hydrogen) atoms. The number of nitriles is 1. The number of anilines is 1. The molecule has 0 aromatic carbocycles. The first kappa shape index (κ1) is 12.9. The molecule has 7 heteroatoms. The molecule has 1 aromatic heterocycles. The number of aromatic nitrogens is 1. The lowest BCUT2D eigenvalue weighted by molar-refractivity contribution is -0.384. The van der Waals surface area contributed by atoms with Crippen molar-refractivity contribution in [2.75, 3.05) is 11.9 Å². The van der Waals surface area contributed by atoms with Gasteiger partial charge in [0.2, 0.25) is 5.82 Å². The van der Waals surface area contributed by atoms with Crippen molar-refractivity contribution in [3.8, 4) is 6.07 Å². The topological polar surface area (TPSA) is 112 Å². The van der Waals surface area contributed by atoms with Crippen molar-refractivity contribution in [1.82, 2.24) is 4.98 Å². The van der Waals surface area contributed by atoms with E-state index in [-0.39, 0.29) is 17.1 Å². The number of aliphatic hydroxyl groups excluding tert-OH is 1. The first-order valence-electron chi connectivity index (χ1n) is 5.01. The lowest BCUT2D eigenvalue weighted by atomic mass is 10.2. The fourth-order valence-corrected chi connectivity index (χ4v) is 1.26. The van der Waals surface area contributed by atoms with E-state index >= 15 is 0 Å². The predicted octanol–water partition coefficient (Wildman–Crippen LogP) is 1.04. The van der Waals surface area contributed by atoms with Crippen molar-refractivity contribution in [3.63, 3.8) is 0 Å². The summed E-state index contributed by atoms with van der Waals surface area (Å²) in [5, 5.41) is 31.4. The van der Waals surface area contributed by atoms with E-state index in [0.717, 1.165) is 0 Å². The quantitative estimate of drug-likeness (QED) is 0.583. The Kier molecular flexibility index (Phi) is 4.37. The van der Waals surface area contributed by atoms with Crippen LogP contribution in [0.5, 0.6) is 0 Å². The largest absolute Gasteiger partial charge is 0.393 e. The minimum Gasteiger partial charge on any atom is -0.393 e. The summed E-state index contributed by atoms with van der Waals surface area (Å²) in [6, 6.07) is 3.04. The first-order chi connectivity index (χ1) is 8.06. The van der Waals surface area contributed by atoms with E-state index in [4.69, 9.17) is 10.4 Å². The zero-order valence-electron chi connectivity index (χ0n) is 9.25. The summed E-state index contributed by atoms with van der Waals surface area (Å²) in [7, 11) is 0. The average molecular weight is 236 g/mol. The molecule has 0 radical (unpaired) electrons. The highest BCUT2D eigenvalue weighted by Crippen LogP contribution is 2.25. The van der Waals surface area contributed by atoms with Gasteiger partial charge in [-0.25, -0.2) is 4.98 Å². The van der Waals surface area contributed by atoms with Gasteiger partial charge in [-0.05, 0) is 19.4 Å². The minimum absolute atomic E-state index is 0.0375. The molecular weight excluding hydrogens is 224 g/mol. The van der Waals surface area contributed by atoms with E-state index in [1.54, 1.807) is 13.0 Å². The van der Waals surface area contributed by atoms with Crippen LogP contribution < -0.4 is 5.32 Å². The molecule has 1 unspecified atom stereocenters. The third kappa shape index (κ3) is 3.39. The van der Waals surface area contributed by atoms with Crippen LogP contribution in [0, 0.1) is 21.4 Å². The molecule has 1 atom stereocenters. The monoisotopic (exact) mass is 236 g/mol. The zero-order chi connectivity index (χ0) is 12.8. The van der Waals surface area contributed by atoms with Gasteiger partial charge < -0.3 is 10.4 Å². The number of rotatable bonds is 5. The molecule has 0 aliphatic heterocycles. The van der Waals surface area contributed by atoms with Crippen LogP contribution in [0.4, 0.5) is 11.5 Å². The summed E-state index contributed by atoms with van der Waals surface area (Å²) in [4.78, 5) is 14.0. The molecule has 0 amide bonds. The number of nitro groups is 1. The highest BCUT2D eigenvalue weighted by molar-refractivity contribution is 5.63. The SMILES string of the molecule is CC(O)CCNc1nccc(C#N)c1[N+](=O)[O-]. The van der Waals surface area contributed by atoms with Crippen molar-refractivity contribution in [2.45, 2.75) is 19.4 Å². The third-order valence-corrected chi connectivity index (χ3v) is 2.08. The van der Waals surface area contributed by atoms with Gasteiger partial charge in [0.15, 0.2) is 0 Å². The number of hydrogen-bond donors (Lipinski definition) is 2. The zero-order valence-corrected chi connectivity index (χ0v) is 9.25. The van der Waals surface area contributed by atoms with Crippen LogP contribution >= 0.6 is 0 Å². The van der Waals surface area contributed by atoms with Gasteiger partial charge in [-0.3, -0.25) is 10.1 Å². The predicted molar refractivity (Wildman–Crippen MR) is 60.4 cm³/mol. The van der Waals surface area contributed by atoms with Gasteiger partial charge in [0.1, 0.15) is 11.6 Å². The van der Waals surface area contributed by atoms with E-state index < -0.39 is 11.0 Å². The number of aliphatic hydroxyl groups is 1. The molecule has 0 bridgehead atoms. The molecule has 0 fully saturated rings. The Labute approximate surface area is 97.9 Å². The lowest BCUT2D eigenvalue weighted by Gasteiger charge is -2.07. The Bertz CT molecular complexity index is 453. The molecule has 2 N–H and O–H groups in total. The van der Waals surface area contributed by atoms with E-state index in [2.05, 4.69) is 10.3 Å². The Morgan fingerprint density at radius 2 is 2.47 bits per heavy atom. The van der Waals surface area contributed by atoms with Crippen molar-refractivity contribution in [3.05, 3.63) is 27.9 Å². The highest BCUT2D eigenvalue weighted by atomic mass is 16.6. The molecule has 90 valence electrons. The van der Waals surface area contributed by atoms with Crippen LogP contribution in [0.1, 0.15) is 18.9 Å². The lowest BCUT2D eigenvalue weighted by Crippen LogP contribution is -2.12. The van der Waals surface area contributed by atoms with Gasteiger partial charge >= 0.3 is 5.69 Å². The second-order valence-corrected chi connectivity index (χ2v) is 3.49. The standard InChI is InChI=1S/C10H12N4O3/c1-7(15)2-4-12-10-9(14(16)17)8(6-11)3-5-13-10/h3,5,7,15H,2,4H2,1H3,(H,12,13). The highest BCUT2D eigenvalue weighted by Gasteiger charge is 2.20. The number of pyridine rings is 1. The van der Waals surface area contributed by atoms with Gasteiger partial charge in [-0.1, -0.05) is 0 Å². The van der Waals surface area contributed by atoms with E-state index in [1.807, 2.05) is 0 Å². The van der Waals surface area contributed by atoms with Crippen molar-refractivity contribution < 1.29 is 10.0 Å². The van der Waals surface area contributed by atoms with Gasteiger partial charge in [-0.2, -0.15) is 5.26 Å². The maximum Gasteiger partial charge on any atom is 0.328 e. The van der Waals surface area contributed by atoms with Crippen LogP contribution in [0.15, 0.2) is 12.3 Å². The van der Waals surface area contributed by atoms with Crippen LogP contribution in [-0.2, 0) is 0 Å². The molecule has 1 heterocycles. The van der Waals surface area contributed by atoms with E-state index in [0.29, 0.717) is 13.0 Å². The van der Waals surface area contributed by atoms with E-state index in [1.165, 1.54) is 12.3 Å². The molecule has 0 aliphatic carbocycles. The maximum atomic E-state index is 10.8. The van der Waals surface area contributed by atoms with Crippen molar-refractivity contribution >= 4 is 11.5 Å². The van der Waals surface area contributed by atoms with Gasteiger partial charge in [0.05, 0.1) is 11.0 Å². The van der Waals surface area contributed by atoms with Gasteiger partial charge in [0, 0.05) is 12.7 Å². The fraction of sp³-hybridized carbons (Fsp3) is 0.400. The second kappa shape index (κ2) is 5.77. The Morgan fingerprint density at radius 1 is 1.76 bits per heavy atom. The molecule has 7 nitrogen and oxygen atoms in total. The fourth-order valence-electron chi connectivity index (χ4n) is 1.26. The normalized spacial score (nSPS) is 11.6. The Morgan fingerprint density at radius 3 is 3.00 bits per heavy atom. The van der Waals surface area contributed by atoms with Crippen LogP contribution in [0.2, 0.25) is 0 Å². The van der Waals surface area contributed by atoms with Gasteiger partial charge in [-0.15, -0.1) is 0 Å². The molecule has 0 spiro atoms. The number of hydrogen-bond acceptors (Lipinski definition) is 6. The Balaban J connectivity index is 2.92. The summed E-state index contributed by atoms with van der Waals surface area (Å²) in [6.07, 6.45) is 1.27. The number of nitrogens with one attached hydrogen (secondary N) is 1. The summed E-state index contributed by atoms with van der Waals surface area (Å²) in [5.74, 6) is 0.0506.